The molecule has 104 valence electrons. The zero-order chi connectivity index (χ0) is 14.8. The highest BCUT2D eigenvalue weighted by Gasteiger charge is 2.42. The first-order valence-corrected chi connectivity index (χ1v) is 7.80. The summed E-state index contributed by atoms with van der Waals surface area (Å²) in [6.45, 7) is 1.86. The zero-order valence-corrected chi connectivity index (χ0v) is 13.3. The first-order valence-electron chi connectivity index (χ1n) is 6.06. The largest absolute Gasteiger partial charge is 0.357 e. The number of aliphatic hydroxyl groups is 1. The number of hydrogen-bond acceptors (Lipinski definition) is 2. The van der Waals surface area contributed by atoms with Crippen molar-refractivity contribution in [3.63, 3.8) is 0 Å². The van der Waals surface area contributed by atoms with E-state index in [0.717, 1.165) is 11.1 Å². The van der Waals surface area contributed by atoms with Gasteiger partial charge in [0.2, 0.25) is 0 Å². The van der Waals surface area contributed by atoms with Crippen LogP contribution in [-0.4, -0.2) is 11.0 Å². The highest BCUT2D eigenvalue weighted by atomic mass is 35.5. The van der Waals surface area contributed by atoms with Gasteiger partial charge in [-0.3, -0.25) is 0 Å². The lowest BCUT2D eigenvalue weighted by atomic mass is 9.76. The quantitative estimate of drug-likeness (QED) is 0.830. The maximum absolute atomic E-state index is 11.3. The molecule has 5 heteroatoms. The molecule has 20 heavy (non-hydrogen) atoms. The summed E-state index contributed by atoms with van der Waals surface area (Å²) in [4.78, 5) is 0. The van der Waals surface area contributed by atoms with E-state index < -0.39 is 19.7 Å². The van der Waals surface area contributed by atoms with Gasteiger partial charge in [-0.05, 0) is 42.3 Å². The Balaban J connectivity index is 2.58. The van der Waals surface area contributed by atoms with E-state index in [2.05, 4.69) is 0 Å². The Labute approximate surface area is 129 Å². The number of halogens is 2. The first-order chi connectivity index (χ1) is 9.48. The second-order valence-electron chi connectivity index (χ2n) is 4.74. The third-order valence-corrected chi connectivity index (χ3v) is 4.85. The molecule has 0 radical (unpaired) electrons. The van der Waals surface area contributed by atoms with Gasteiger partial charge in [-0.2, -0.15) is 0 Å². The molecular weight excluding hydrogens is 314 g/mol. The van der Waals surface area contributed by atoms with Gasteiger partial charge in [0.1, 0.15) is 0 Å². The van der Waals surface area contributed by atoms with Gasteiger partial charge in [-0.25, -0.2) is 0 Å². The SMILES string of the molecule is CC(c1ccc(Cl)cc1)(c1ccc(Cl)cc1)C(O)[PH+]=O. The van der Waals surface area contributed by atoms with Crippen LogP contribution in [0.15, 0.2) is 48.5 Å². The minimum Gasteiger partial charge on any atom is -0.350 e. The Morgan fingerprint density at radius 2 is 1.30 bits per heavy atom. The van der Waals surface area contributed by atoms with E-state index in [0.29, 0.717) is 10.0 Å². The van der Waals surface area contributed by atoms with Crippen molar-refractivity contribution in [1.29, 1.82) is 0 Å². The third kappa shape index (κ3) is 2.89. The minimum absolute atomic E-state index is 0.617. The lowest BCUT2D eigenvalue weighted by Gasteiger charge is -2.29. The third-order valence-electron chi connectivity index (χ3n) is 3.55. The van der Waals surface area contributed by atoms with Crippen LogP contribution in [0.3, 0.4) is 0 Å². The monoisotopic (exact) mass is 327 g/mol. The summed E-state index contributed by atoms with van der Waals surface area (Å²) in [5, 5.41) is 11.5. The average molecular weight is 328 g/mol. The van der Waals surface area contributed by atoms with E-state index in [-0.39, 0.29) is 0 Å². The van der Waals surface area contributed by atoms with Crippen LogP contribution in [0.4, 0.5) is 0 Å². The van der Waals surface area contributed by atoms with E-state index in [1.165, 1.54) is 0 Å². The lowest BCUT2D eigenvalue weighted by Crippen LogP contribution is -2.34. The Bertz CT molecular complexity index is 551. The van der Waals surface area contributed by atoms with Crippen LogP contribution in [0.5, 0.6) is 0 Å². The van der Waals surface area contributed by atoms with Crippen molar-refractivity contribution < 1.29 is 9.67 Å². The molecule has 0 spiro atoms. The summed E-state index contributed by atoms with van der Waals surface area (Å²) >= 11 is 11.8. The molecule has 0 bridgehead atoms. The van der Waals surface area contributed by atoms with Crippen molar-refractivity contribution >= 4 is 31.7 Å². The van der Waals surface area contributed by atoms with Crippen LogP contribution in [0.1, 0.15) is 18.1 Å². The highest BCUT2D eigenvalue weighted by molar-refractivity contribution is 7.24. The van der Waals surface area contributed by atoms with Gasteiger partial charge in [0.15, 0.2) is 0 Å². The number of hydrogen-bond donors (Lipinski definition) is 1. The highest BCUT2D eigenvalue weighted by Crippen LogP contribution is 2.40. The van der Waals surface area contributed by atoms with Crippen molar-refractivity contribution in [1.82, 2.24) is 0 Å². The van der Waals surface area contributed by atoms with Crippen LogP contribution < -0.4 is 0 Å². The van der Waals surface area contributed by atoms with Crippen molar-refractivity contribution in [2.45, 2.75) is 18.2 Å². The summed E-state index contributed by atoms with van der Waals surface area (Å²) < 4.78 is 11.3. The van der Waals surface area contributed by atoms with Crippen molar-refractivity contribution in [2.75, 3.05) is 0 Å². The van der Waals surface area contributed by atoms with Crippen LogP contribution in [0.2, 0.25) is 10.0 Å². The number of aliphatic hydroxyl groups excluding tert-OH is 1. The van der Waals surface area contributed by atoms with Crippen molar-refractivity contribution in [2.24, 2.45) is 0 Å². The van der Waals surface area contributed by atoms with Gasteiger partial charge in [-0.1, -0.05) is 52.0 Å². The van der Waals surface area contributed by atoms with Crippen LogP contribution >= 0.6 is 31.7 Å². The standard InChI is InChI=1S/C15H13Cl2O2P/c1-15(14(18)20-19,10-2-6-12(16)7-3-10)11-4-8-13(17)9-5-11/h2-9,14,18H,1H3/p+1. The molecule has 2 nitrogen and oxygen atoms in total. The molecule has 2 atom stereocenters. The molecule has 0 aliphatic rings. The lowest BCUT2D eigenvalue weighted by molar-refractivity contribution is 0.189. The fraction of sp³-hybridized carbons (Fsp3) is 0.200. The normalized spacial score (nSPS) is 13.4. The van der Waals surface area contributed by atoms with Crippen LogP contribution in [0.25, 0.3) is 0 Å². The fourth-order valence-corrected chi connectivity index (χ4v) is 3.01. The summed E-state index contributed by atoms with van der Waals surface area (Å²) in [7, 11) is -0.832. The summed E-state index contributed by atoms with van der Waals surface area (Å²) in [6.07, 6.45) is 0. The van der Waals surface area contributed by atoms with Gasteiger partial charge >= 0.3 is 8.46 Å². The Hall–Kier alpha value is -0.920. The van der Waals surface area contributed by atoms with E-state index in [1.54, 1.807) is 24.3 Å². The Morgan fingerprint density at radius 3 is 1.60 bits per heavy atom. The molecule has 0 aliphatic heterocycles. The van der Waals surface area contributed by atoms with Gasteiger partial charge < -0.3 is 5.11 Å². The molecule has 0 saturated carbocycles. The van der Waals surface area contributed by atoms with Crippen molar-refractivity contribution in [3.8, 4) is 0 Å². The molecule has 2 aromatic rings. The number of rotatable bonds is 4. The molecule has 0 saturated heterocycles. The molecule has 2 rings (SSSR count). The zero-order valence-electron chi connectivity index (χ0n) is 10.8. The maximum atomic E-state index is 11.3. The minimum atomic E-state index is -1.01. The van der Waals surface area contributed by atoms with E-state index in [1.807, 2.05) is 31.2 Å². The molecule has 0 aromatic heterocycles. The molecule has 0 amide bonds. The Morgan fingerprint density at radius 1 is 0.950 bits per heavy atom. The molecular formula is C15H14Cl2O2P+. The molecule has 2 aromatic carbocycles. The van der Waals surface area contributed by atoms with Gasteiger partial charge in [0.05, 0.1) is 5.41 Å². The average Bonchev–Trinajstić information content (AvgIpc) is 2.47. The van der Waals surface area contributed by atoms with E-state index in [4.69, 9.17) is 23.2 Å². The van der Waals surface area contributed by atoms with E-state index >= 15 is 0 Å². The van der Waals surface area contributed by atoms with Crippen LogP contribution in [0, 0.1) is 0 Å². The smallest absolute Gasteiger partial charge is 0.350 e. The van der Waals surface area contributed by atoms with Gasteiger partial charge in [-0.15, -0.1) is 0 Å². The predicted molar refractivity (Wildman–Crippen MR) is 84.4 cm³/mol. The molecule has 0 heterocycles. The Kier molecular flexibility index (Phi) is 4.82. The second-order valence-corrected chi connectivity index (χ2v) is 6.39. The van der Waals surface area contributed by atoms with Gasteiger partial charge in [0, 0.05) is 10.0 Å². The first kappa shape index (κ1) is 15.5. The molecule has 2 unspecified atom stereocenters. The molecule has 0 aliphatic carbocycles. The fourth-order valence-electron chi connectivity index (χ4n) is 2.19. The van der Waals surface area contributed by atoms with Crippen LogP contribution in [-0.2, 0) is 9.98 Å². The number of benzene rings is 2. The van der Waals surface area contributed by atoms with E-state index in [9.17, 15) is 9.67 Å². The molecule has 1 N–H and O–H groups in total. The summed E-state index contributed by atoms with van der Waals surface area (Å²) in [5.41, 5.74) is 0.912. The summed E-state index contributed by atoms with van der Waals surface area (Å²) in [6, 6.07) is 14.4. The van der Waals surface area contributed by atoms with Gasteiger partial charge in [0.25, 0.3) is 5.85 Å². The van der Waals surface area contributed by atoms with Crippen molar-refractivity contribution in [3.05, 3.63) is 69.7 Å². The molecule has 0 fully saturated rings. The maximum Gasteiger partial charge on any atom is 0.357 e. The summed E-state index contributed by atoms with van der Waals surface area (Å²) in [5.74, 6) is -1.01. The second kappa shape index (κ2) is 6.24. The topological polar surface area (TPSA) is 37.3 Å². The predicted octanol–water partition coefficient (Wildman–Crippen LogP) is 4.64.